The molecule has 1 unspecified atom stereocenters. The lowest BCUT2D eigenvalue weighted by Gasteiger charge is -2.27. The third-order valence-electron chi connectivity index (χ3n) is 3.39. The average Bonchev–Trinajstić information content (AvgIpc) is 2.50. The fraction of sp³-hybridized carbons (Fsp3) is 0.200. The molecule has 2 aromatic carbocycles. The van der Waals surface area contributed by atoms with Crippen LogP contribution in [0, 0.1) is 23.3 Å². The monoisotopic (exact) mass is 313 g/mol. The van der Waals surface area contributed by atoms with E-state index in [1.54, 1.807) is 11.8 Å². The van der Waals surface area contributed by atoms with Crippen molar-refractivity contribution in [3.05, 3.63) is 59.2 Å². The van der Waals surface area contributed by atoms with E-state index in [1.807, 2.05) is 24.3 Å². The molecular weight excluding hydrogens is 302 g/mol. The van der Waals surface area contributed by atoms with Crippen molar-refractivity contribution in [2.24, 2.45) is 0 Å². The summed E-state index contributed by atoms with van der Waals surface area (Å²) in [5.74, 6) is -4.85. The summed E-state index contributed by atoms with van der Waals surface area (Å²) in [6.07, 6.45) is 0.610. The minimum absolute atomic E-state index is 0.209. The fourth-order valence-corrected chi connectivity index (χ4v) is 3.49. The number of thioether (sulfide) groups is 1. The summed E-state index contributed by atoms with van der Waals surface area (Å²) >= 11 is 1.64. The van der Waals surface area contributed by atoms with E-state index >= 15 is 0 Å². The molecule has 1 aliphatic rings. The Kier molecular flexibility index (Phi) is 3.80. The minimum atomic E-state index is -1.41. The highest BCUT2D eigenvalue weighted by molar-refractivity contribution is 7.99. The summed E-state index contributed by atoms with van der Waals surface area (Å²) in [6, 6.07) is 7.26. The molecule has 0 aliphatic carbocycles. The molecule has 1 aliphatic heterocycles. The normalized spacial score (nSPS) is 17.4. The first kappa shape index (κ1) is 14.3. The molecule has 1 nitrogen and oxygen atoms in total. The van der Waals surface area contributed by atoms with Crippen LogP contribution >= 0.6 is 11.8 Å². The predicted molar refractivity (Wildman–Crippen MR) is 74.4 cm³/mol. The van der Waals surface area contributed by atoms with E-state index < -0.39 is 29.0 Å². The molecular formula is C15H11F4NS. The van der Waals surface area contributed by atoms with Crippen LogP contribution in [0.4, 0.5) is 23.2 Å². The Morgan fingerprint density at radius 3 is 2.38 bits per heavy atom. The molecule has 3 rings (SSSR count). The van der Waals surface area contributed by atoms with Crippen LogP contribution in [0.25, 0.3) is 0 Å². The van der Waals surface area contributed by atoms with Gasteiger partial charge < -0.3 is 5.32 Å². The largest absolute Gasteiger partial charge is 0.373 e. The fourth-order valence-electron chi connectivity index (χ4n) is 2.37. The van der Waals surface area contributed by atoms with E-state index in [0.717, 1.165) is 16.2 Å². The van der Waals surface area contributed by atoms with Crippen LogP contribution in [0.1, 0.15) is 18.0 Å². The first-order valence-corrected chi connectivity index (χ1v) is 7.37. The van der Waals surface area contributed by atoms with Crippen molar-refractivity contribution < 1.29 is 17.6 Å². The SMILES string of the molecule is Fc1cc(F)c(F)c(NC2CCSc3ccccc32)c1F. The van der Waals surface area contributed by atoms with Crippen LogP contribution < -0.4 is 5.32 Å². The molecule has 2 aromatic rings. The lowest BCUT2D eigenvalue weighted by Crippen LogP contribution is -2.18. The van der Waals surface area contributed by atoms with E-state index in [-0.39, 0.29) is 12.1 Å². The lowest BCUT2D eigenvalue weighted by atomic mass is 10.0. The van der Waals surface area contributed by atoms with Crippen molar-refractivity contribution in [1.82, 2.24) is 0 Å². The zero-order valence-electron chi connectivity index (χ0n) is 10.8. The smallest absolute Gasteiger partial charge is 0.185 e. The van der Waals surface area contributed by atoms with Crippen molar-refractivity contribution in [1.29, 1.82) is 0 Å². The van der Waals surface area contributed by atoms with Gasteiger partial charge in [-0.05, 0) is 18.1 Å². The molecule has 1 atom stereocenters. The number of halogens is 4. The van der Waals surface area contributed by atoms with Crippen LogP contribution in [-0.4, -0.2) is 5.75 Å². The Hall–Kier alpha value is -1.69. The van der Waals surface area contributed by atoms with Gasteiger partial charge in [-0.3, -0.25) is 0 Å². The number of anilines is 1. The molecule has 0 amide bonds. The molecule has 0 radical (unpaired) electrons. The molecule has 1 N–H and O–H groups in total. The van der Waals surface area contributed by atoms with Crippen molar-refractivity contribution in [2.75, 3.05) is 11.1 Å². The van der Waals surface area contributed by atoms with Gasteiger partial charge in [0, 0.05) is 16.7 Å². The van der Waals surface area contributed by atoms with Gasteiger partial charge in [0.2, 0.25) is 0 Å². The maximum Gasteiger partial charge on any atom is 0.185 e. The molecule has 0 spiro atoms. The second-order valence-corrected chi connectivity index (χ2v) is 5.85. The van der Waals surface area contributed by atoms with E-state index in [4.69, 9.17) is 0 Å². The molecule has 0 saturated heterocycles. The van der Waals surface area contributed by atoms with Gasteiger partial charge in [0.15, 0.2) is 23.3 Å². The van der Waals surface area contributed by atoms with Gasteiger partial charge in [0.25, 0.3) is 0 Å². The number of fused-ring (bicyclic) bond motifs is 1. The Labute approximate surface area is 123 Å². The van der Waals surface area contributed by atoms with Gasteiger partial charge in [-0.15, -0.1) is 11.8 Å². The van der Waals surface area contributed by atoms with Gasteiger partial charge in [0.1, 0.15) is 5.69 Å². The Morgan fingerprint density at radius 2 is 1.67 bits per heavy atom. The van der Waals surface area contributed by atoms with E-state index in [9.17, 15) is 17.6 Å². The molecule has 0 aromatic heterocycles. The highest BCUT2D eigenvalue weighted by Crippen LogP contribution is 2.38. The summed E-state index contributed by atoms with van der Waals surface area (Å²) in [6.45, 7) is 0. The van der Waals surface area contributed by atoms with Crippen LogP contribution in [0.5, 0.6) is 0 Å². The minimum Gasteiger partial charge on any atom is -0.373 e. The van der Waals surface area contributed by atoms with E-state index in [2.05, 4.69) is 5.32 Å². The van der Waals surface area contributed by atoms with Gasteiger partial charge in [-0.2, -0.15) is 0 Å². The van der Waals surface area contributed by atoms with Crippen molar-refractivity contribution in [3.63, 3.8) is 0 Å². The van der Waals surface area contributed by atoms with Gasteiger partial charge in [-0.25, -0.2) is 17.6 Å². The Morgan fingerprint density at radius 1 is 1.00 bits per heavy atom. The number of hydrogen-bond donors (Lipinski definition) is 1. The van der Waals surface area contributed by atoms with Crippen LogP contribution in [0.15, 0.2) is 35.2 Å². The van der Waals surface area contributed by atoms with Crippen molar-refractivity contribution in [2.45, 2.75) is 17.4 Å². The molecule has 110 valence electrons. The Balaban J connectivity index is 1.99. The van der Waals surface area contributed by atoms with Crippen molar-refractivity contribution >= 4 is 17.4 Å². The summed E-state index contributed by atoms with van der Waals surface area (Å²) in [5.41, 5.74) is 0.122. The first-order chi connectivity index (χ1) is 10.1. The van der Waals surface area contributed by atoms with Crippen LogP contribution in [-0.2, 0) is 0 Å². The van der Waals surface area contributed by atoms with Gasteiger partial charge in [-0.1, -0.05) is 18.2 Å². The summed E-state index contributed by atoms with van der Waals surface area (Å²) < 4.78 is 53.9. The molecule has 0 fully saturated rings. The zero-order chi connectivity index (χ0) is 15.0. The Bertz CT molecular complexity index is 663. The predicted octanol–water partition coefficient (Wildman–Crippen LogP) is 4.89. The average molecular weight is 313 g/mol. The van der Waals surface area contributed by atoms with E-state index in [0.29, 0.717) is 6.42 Å². The molecule has 0 saturated carbocycles. The maximum atomic E-state index is 13.7. The summed E-state index contributed by atoms with van der Waals surface area (Å²) in [5, 5.41) is 2.61. The number of rotatable bonds is 2. The summed E-state index contributed by atoms with van der Waals surface area (Å²) in [7, 11) is 0. The highest BCUT2D eigenvalue weighted by Gasteiger charge is 2.25. The lowest BCUT2D eigenvalue weighted by molar-refractivity contribution is 0.456. The van der Waals surface area contributed by atoms with Crippen molar-refractivity contribution in [3.8, 4) is 0 Å². The zero-order valence-corrected chi connectivity index (χ0v) is 11.6. The van der Waals surface area contributed by atoms with Gasteiger partial charge >= 0.3 is 0 Å². The first-order valence-electron chi connectivity index (χ1n) is 6.39. The number of benzene rings is 2. The quantitative estimate of drug-likeness (QED) is 0.625. The number of hydrogen-bond acceptors (Lipinski definition) is 2. The summed E-state index contributed by atoms with van der Waals surface area (Å²) in [4.78, 5) is 0.999. The molecule has 1 heterocycles. The van der Waals surface area contributed by atoms with Crippen LogP contribution in [0.2, 0.25) is 0 Å². The topological polar surface area (TPSA) is 12.0 Å². The standard InChI is InChI=1S/C15H11F4NS/c16-9-7-10(17)14(19)15(13(9)18)20-11-5-6-21-12-4-2-1-3-8(11)12/h1-4,7,11,20H,5-6H2. The third-order valence-corrected chi connectivity index (χ3v) is 4.51. The molecule has 6 heteroatoms. The maximum absolute atomic E-state index is 13.7. The second-order valence-electron chi connectivity index (χ2n) is 4.72. The van der Waals surface area contributed by atoms with Gasteiger partial charge in [0.05, 0.1) is 6.04 Å². The third kappa shape index (κ3) is 2.60. The molecule has 0 bridgehead atoms. The second kappa shape index (κ2) is 5.60. The van der Waals surface area contributed by atoms with Crippen LogP contribution in [0.3, 0.4) is 0 Å². The van der Waals surface area contributed by atoms with E-state index in [1.165, 1.54) is 0 Å². The highest BCUT2D eigenvalue weighted by atomic mass is 32.2. The number of nitrogens with one attached hydrogen (secondary N) is 1. The molecule has 21 heavy (non-hydrogen) atoms.